The van der Waals surface area contributed by atoms with Crippen LogP contribution in [0, 0.1) is 10.1 Å². The molecule has 0 bridgehead atoms. The molecule has 5 rings (SSSR count). The van der Waals surface area contributed by atoms with Crippen molar-refractivity contribution in [2.45, 2.75) is 6.04 Å². The molecule has 0 radical (unpaired) electrons. The van der Waals surface area contributed by atoms with Crippen LogP contribution >= 0.6 is 0 Å². The molecule has 0 aliphatic carbocycles. The molecule has 2 aliphatic heterocycles. The number of aliphatic hydroxyl groups excluding tert-OH is 1. The van der Waals surface area contributed by atoms with Gasteiger partial charge in [-0.15, -0.1) is 0 Å². The summed E-state index contributed by atoms with van der Waals surface area (Å²) in [6.07, 6.45) is 0. The molecule has 9 heteroatoms. The number of amides is 1. The largest absolute Gasteiger partial charge is 0.507 e. The molecule has 0 spiro atoms. The summed E-state index contributed by atoms with van der Waals surface area (Å²) in [5, 5.41) is 22.1. The Morgan fingerprint density at radius 3 is 2.29 bits per heavy atom. The standard InChI is InChI=1S/C25H18N2O7/c28-23(16-6-8-17(9-7-16)27(31)32)21-22(15-4-2-1-3-5-15)26(25(30)24(21)29)18-10-11-19-20(14-18)34-13-12-33-19/h1-11,14,22,28H,12-13H2/b23-21+. The fourth-order valence-electron chi connectivity index (χ4n) is 4.13. The van der Waals surface area contributed by atoms with E-state index in [-0.39, 0.29) is 16.8 Å². The van der Waals surface area contributed by atoms with Crippen LogP contribution in [-0.2, 0) is 9.59 Å². The van der Waals surface area contributed by atoms with Crippen LogP contribution in [-0.4, -0.2) is 34.9 Å². The molecule has 1 fully saturated rings. The van der Waals surface area contributed by atoms with Crippen LogP contribution < -0.4 is 14.4 Å². The second-order valence-electron chi connectivity index (χ2n) is 7.71. The van der Waals surface area contributed by atoms with Crippen LogP contribution in [0.4, 0.5) is 11.4 Å². The number of nitrogens with zero attached hydrogens (tertiary/aromatic N) is 2. The maximum absolute atomic E-state index is 13.2. The van der Waals surface area contributed by atoms with Gasteiger partial charge in [0.05, 0.1) is 16.5 Å². The number of Topliss-reactive ketones (excluding diaryl/α,β-unsaturated/α-hetero) is 1. The van der Waals surface area contributed by atoms with Crippen LogP contribution in [0.15, 0.2) is 78.4 Å². The second kappa shape index (κ2) is 8.36. The zero-order chi connectivity index (χ0) is 23.8. The summed E-state index contributed by atoms with van der Waals surface area (Å²) < 4.78 is 11.2. The van der Waals surface area contributed by atoms with Crippen molar-refractivity contribution in [1.82, 2.24) is 0 Å². The van der Waals surface area contributed by atoms with Gasteiger partial charge in [0.15, 0.2) is 11.5 Å². The number of anilines is 1. The lowest BCUT2D eigenvalue weighted by Gasteiger charge is -2.27. The number of fused-ring (bicyclic) bond motifs is 1. The third-order valence-corrected chi connectivity index (χ3v) is 5.72. The molecule has 2 heterocycles. The SMILES string of the molecule is O=C1C(=O)N(c2ccc3c(c2)OCCO3)C(c2ccccc2)/C1=C(\O)c1ccc([N+](=O)[O-])cc1. The van der Waals surface area contributed by atoms with Gasteiger partial charge in [-0.25, -0.2) is 0 Å². The first kappa shape index (κ1) is 21.2. The number of hydrogen-bond donors (Lipinski definition) is 1. The minimum Gasteiger partial charge on any atom is -0.507 e. The van der Waals surface area contributed by atoms with E-state index in [1.54, 1.807) is 48.5 Å². The van der Waals surface area contributed by atoms with E-state index in [0.717, 1.165) is 0 Å². The Kier molecular flexibility index (Phi) is 5.21. The van der Waals surface area contributed by atoms with E-state index in [1.165, 1.54) is 29.2 Å². The van der Waals surface area contributed by atoms with Crippen molar-refractivity contribution in [3.63, 3.8) is 0 Å². The number of non-ortho nitro benzene ring substituents is 1. The van der Waals surface area contributed by atoms with E-state index < -0.39 is 28.4 Å². The molecule has 3 aromatic carbocycles. The highest BCUT2D eigenvalue weighted by Crippen LogP contribution is 2.44. The molecule has 1 unspecified atom stereocenters. The zero-order valence-electron chi connectivity index (χ0n) is 17.7. The molecule has 1 N–H and O–H groups in total. The lowest BCUT2D eigenvalue weighted by Crippen LogP contribution is -2.29. The first-order chi connectivity index (χ1) is 16.5. The number of ketones is 1. The molecule has 2 aliphatic rings. The Bertz CT molecular complexity index is 1330. The number of nitro benzene ring substituents is 1. The number of ether oxygens (including phenoxy) is 2. The van der Waals surface area contributed by atoms with Crippen molar-refractivity contribution in [3.05, 3.63) is 99.6 Å². The summed E-state index contributed by atoms with van der Waals surface area (Å²) in [5.74, 6) is -1.10. The van der Waals surface area contributed by atoms with Gasteiger partial charge >= 0.3 is 0 Å². The molecule has 9 nitrogen and oxygen atoms in total. The highest BCUT2D eigenvalue weighted by atomic mass is 16.6. The van der Waals surface area contributed by atoms with E-state index in [2.05, 4.69) is 0 Å². The highest BCUT2D eigenvalue weighted by Gasteiger charge is 2.47. The van der Waals surface area contributed by atoms with Gasteiger partial charge in [0.25, 0.3) is 17.4 Å². The third kappa shape index (κ3) is 3.53. The summed E-state index contributed by atoms with van der Waals surface area (Å²) >= 11 is 0. The van der Waals surface area contributed by atoms with E-state index >= 15 is 0 Å². The van der Waals surface area contributed by atoms with Crippen molar-refractivity contribution in [3.8, 4) is 11.5 Å². The van der Waals surface area contributed by atoms with Gasteiger partial charge in [-0.05, 0) is 29.8 Å². The molecule has 0 aromatic heterocycles. The Morgan fingerprint density at radius 2 is 1.62 bits per heavy atom. The predicted octanol–water partition coefficient (Wildman–Crippen LogP) is 3.99. The van der Waals surface area contributed by atoms with Crippen molar-refractivity contribution in [1.29, 1.82) is 0 Å². The van der Waals surface area contributed by atoms with Gasteiger partial charge in [-0.2, -0.15) is 0 Å². The Balaban J connectivity index is 1.66. The predicted molar refractivity (Wildman–Crippen MR) is 122 cm³/mol. The molecule has 3 aromatic rings. The van der Waals surface area contributed by atoms with Gasteiger partial charge < -0.3 is 14.6 Å². The fraction of sp³-hybridized carbons (Fsp3) is 0.120. The number of benzene rings is 3. The lowest BCUT2D eigenvalue weighted by molar-refractivity contribution is -0.384. The number of aliphatic hydroxyl groups is 1. The maximum Gasteiger partial charge on any atom is 0.300 e. The van der Waals surface area contributed by atoms with Crippen molar-refractivity contribution < 1.29 is 29.1 Å². The molecule has 1 saturated heterocycles. The number of carbonyl (C=O) groups excluding carboxylic acids is 2. The smallest absolute Gasteiger partial charge is 0.300 e. The third-order valence-electron chi connectivity index (χ3n) is 5.72. The van der Waals surface area contributed by atoms with Crippen LogP contribution in [0.2, 0.25) is 0 Å². The van der Waals surface area contributed by atoms with Crippen molar-refractivity contribution in [2.24, 2.45) is 0 Å². The summed E-state index contributed by atoms with van der Waals surface area (Å²) in [5.41, 5.74) is 0.933. The van der Waals surface area contributed by atoms with Crippen molar-refractivity contribution >= 4 is 28.8 Å². The number of rotatable bonds is 4. The first-order valence-electron chi connectivity index (χ1n) is 10.5. The Morgan fingerprint density at radius 1 is 0.941 bits per heavy atom. The monoisotopic (exact) mass is 458 g/mol. The van der Waals surface area contributed by atoms with Gasteiger partial charge in [0.1, 0.15) is 19.0 Å². The zero-order valence-corrected chi connectivity index (χ0v) is 17.7. The molecule has 34 heavy (non-hydrogen) atoms. The van der Waals surface area contributed by atoms with Crippen LogP contribution in [0.5, 0.6) is 11.5 Å². The minimum absolute atomic E-state index is 0.111. The fourth-order valence-corrected chi connectivity index (χ4v) is 4.13. The molecule has 1 atom stereocenters. The maximum atomic E-state index is 13.2. The van der Waals surface area contributed by atoms with Gasteiger partial charge in [-0.3, -0.25) is 24.6 Å². The summed E-state index contributed by atoms with van der Waals surface area (Å²) in [4.78, 5) is 38.1. The molecular formula is C25H18N2O7. The van der Waals surface area contributed by atoms with Crippen LogP contribution in [0.25, 0.3) is 5.76 Å². The van der Waals surface area contributed by atoms with Crippen LogP contribution in [0.1, 0.15) is 17.2 Å². The average molecular weight is 458 g/mol. The molecule has 170 valence electrons. The highest BCUT2D eigenvalue weighted by molar-refractivity contribution is 6.51. The van der Waals surface area contributed by atoms with Gasteiger partial charge in [0, 0.05) is 29.4 Å². The minimum atomic E-state index is -0.918. The van der Waals surface area contributed by atoms with E-state index in [0.29, 0.717) is 36.0 Å². The summed E-state index contributed by atoms with van der Waals surface area (Å²) in [7, 11) is 0. The first-order valence-corrected chi connectivity index (χ1v) is 10.5. The summed E-state index contributed by atoms with van der Waals surface area (Å²) in [6, 6.07) is 18.0. The molecular weight excluding hydrogens is 440 g/mol. The number of hydrogen-bond acceptors (Lipinski definition) is 7. The molecule has 0 saturated carbocycles. The van der Waals surface area contributed by atoms with E-state index in [4.69, 9.17) is 9.47 Å². The number of nitro groups is 1. The van der Waals surface area contributed by atoms with Gasteiger partial charge in [-0.1, -0.05) is 30.3 Å². The molecule has 1 amide bonds. The van der Waals surface area contributed by atoms with Gasteiger partial charge in [0.2, 0.25) is 0 Å². The van der Waals surface area contributed by atoms with Crippen LogP contribution in [0.3, 0.4) is 0 Å². The summed E-state index contributed by atoms with van der Waals surface area (Å²) in [6.45, 7) is 0.771. The number of carbonyl (C=O) groups is 2. The lowest BCUT2D eigenvalue weighted by atomic mass is 9.95. The Hall–Kier alpha value is -4.66. The Labute approximate surface area is 193 Å². The van der Waals surface area contributed by atoms with Crippen molar-refractivity contribution in [2.75, 3.05) is 18.1 Å². The average Bonchev–Trinajstić information content (AvgIpc) is 3.14. The van der Waals surface area contributed by atoms with E-state index in [9.17, 15) is 24.8 Å². The quantitative estimate of drug-likeness (QED) is 0.206. The normalized spacial score (nSPS) is 18.7. The second-order valence-corrected chi connectivity index (χ2v) is 7.71. The topological polar surface area (TPSA) is 119 Å². The van der Waals surface area contributed by atoms with E-state index in [1.807, 2.05) is 0 Å².